The lowest BCUT2D eigenvalue weighted by atomic mass is 10.1. The molecule has 0 amide bonds. The Labute approximate surface area is 128 Å². The average Bonchev–Trinajstić information content (AvgIpc) is 2.89. The van der Waals surface area contributed by atoms with Gasteiger partial charge in [0.1, 0.15) is 5.82 Å². The monoisotopic (exact) mass is 305 g/mol. The molecule has 0 radical (unpaired) electrons. The highest BCUT2D eigenvalue weighted by molar-refractivity contribution is 7.99. The van der Waals surface area contributed by atoms with Crippen LogP contribution in [0.4, 0.5) is 0 Å². The van der Waals surface area contributed by atoms with Crippen molar-refractivity contribution < 1.29 is 9.90 Å². The van der Waals surface area contributed by atoms with Gasteiger partial charge in [-0.3, -0.25) is 4.79 Å². The Hall–Kier alpha value is -1.82. The van der Waals surface area contributed by atoms with Crippen LogP contribution in [0.3, 0.4) is 0 Å². The predicted molar refractivity (Wildman–Crippen MR) is 82.6 cm³/mol. The molecule has 5 nitrogen and oxygen atoms in total. The zero-order valence-corrected chi connectivity index (χ0v) is 13.0. The van der Waals surface area contributed by atoms with Crippen LogP contribution in [0.1, 0.15) is 31.3 Å². The molecule has 1 aromatic heterocycles. The van der Waals surface area contributed by atoms with Gasteiger partial charge >= 0.3 is 5.97 Å². The number of rotatable bonds is 7. The molecule has 1 atom stereocenters. The zero-order valence-electron chi connectivity index (χ0n) is 12.2. The van der Waals surface area contributed by atoms with Gasteiger partial charge in [0.2, 0.25) is 0 Å². The van der Waals surface area contributed by atoms with Gasteiger partial charge in [-0.1, -0.05) is 49.0 Å². The van der Waals surface area contributed by atoms with E-state index in [4.69, 9.17) is 5.11 Å². The van der Waals surface area contributed by atoms with Crippen molar-refractivity contribution in [2.24, 2.45) is 0 Å². The Morgan fingerprint density at radius 3 is 2.67 bits per heavy atom. The summed E-state index contributed by atoms with van der Waals surface area (Å²) in [6.07, 6.45) is 1.65. The quantitative estimate of drug-likeness (QED) is 0.797. The number of hydrogen-bond acceptors (Lipinski definition) is 4. The topological polar surface area (TPSA) is 68.0 Å². The molecule has 21 heavy (non-hydrogen) atoms. The molecule has 2 aromatic rings. The molecule has 112 valence electrons. The van der Waals surface area contributed by atoms with Crippen molar-refractivity contribution >= 4 is 17.7 Å². The number of carboxylic acids is 1. The molecule has 0 aliphatic heterocycles. The number of carboxylic acid groups (broad SMARTS) is 1. The third-order valence-electron chi connectivity index (χ3n) is 3.19. The molecule has 1 heterocycles. The van der Waals surface area contributed by atoms with Crippen molar-refractivity contribution in [3.63, 3.8) is 0 Å². The molecule has 1 unspecified atom stereocenters. The summed E-state index contributed by atoms with van der Waals surface area (Å²) in [6, 6.07) is 10.4. The lowest BCUT2D eigenvalue weighted by Gasteiger charge is -2.17. The minimum absolute atomic E-state index is 0.0000946. The van der Waals surface area contributed by atoms with E-state index in [2.05, 4.69) is 33.8 Å². The van der Waals surface area contributed by atoms with E-state index < -0.39 is 5.97 Å². The molecular weight excluding hydrogens is 286 g/mol. The summed E-state index contributed by atoms with van der Waals surface area (Å²) in [6.45, 7) is 4.14. The number of hydrogen-bond donors (Lipinski definition) is 1. The first-order valence-electron chi connectivity index (χ1n) is 6.94. The van der Waals surface area contributed by atoms with Crippen molar-refractivity contribution in [2.45, 2.75) is 37.9 Å². The molecular formula is C15H19N3O2S. The lowest BCUT2D eigenvalue weighted by molar-refractivity contribution is -0.133. The van der Waals surface area contributed by atoms with E-state index in [0.717, 1.165) is 18.7 Å². The molecule has 0 aliphatic rings. The molecule has 0 bridgehead atoms. The maximum atomic E-state index is 10.7. The SMILES string of the molecule is CCc1nnc(SCC(=O)O)n1C(C)Cc1ccccc1. The van der Waals surface area contributed by atoms with Crippen molar-refractivity contribution in [2.75, 3.05) is 5.75 Å². The molecule has 0 aliphatic carbocycles. The van der Waals surface area contributed by atoms with Crippen LogP contribution in [0.5, 0.6) is 0 Å². The highest BCUT2D eigenvalue weighted by Crippen LogP contribution is 2.24. The van der Waals surface area contributed by atoms with Crippen LogP contribution in [0.15, 0.2) is 35.5 Å². The fraction of sp³-hybridized carbons (Fsp3) is 0.400. The third-order valence-corrected chi connectivity index (χ3v) is 4.12. The van der Waals surface area contributed by atoms with Crippen LogP contribution in [0.2, 0.25) is 0 Å². The van der Waals surface area contributed by atoms with Gasteiger partial charge in [-0.2, -0.15) is 0 Å². The van der Waals surface area contributed by atoms with E-state index in [-0.39, 0.29) is 11.8 Å². The van der Waals surface area contributed by atoms with E-state index in [0.29, 0.717) is 5.16 Å². The standard InChI is InChI=1S/C15H19N3O2S/c1-3-13-16-17-15(21-10-14(19)20)18(13)11(2)9-12-7-5-4-6-8-12/h4-8,11H,3,9-10H2,1-2H3,(H,19,20). The van der Waals surface area contributed by atoms with Crippen LogP contribution in [-0.2, 0) is 17.6 Å². The summed E-state index contributed by atoms with van der Waals surface area (Å²) in [5.41, 5.74) is 1.25. The number of thioether (sulfide) groups is 1. The summed E-state index contributed by atoms with van der Waals surface area (Å²) in [5, 5.41) is 17.8. The number of carbonyl (C=O) groups is 1. The van der Waals surface area contributed by atoms with Crippen LogP contribution < -0.4 is 0 Å². The second-order valence-electron chi connectivity index (χ2n) is 4.84. The van der Waals surface area contributed by atoms with E-state index >= 15 is 0 Å². The van der Waals surface area contributed by atoms with Gasteiger partial charge in [-0.25, -0.2) is 0 Å². The minimum Gasteiger partial charge on any atom is -0.481 e. The third kappa shape index (κ3) is 4.07. The van der Waals surface area contributed by atoms with Crippen molar-refractivity contribution in [1.29, 1.82) is 0 Å². The Balaban J connectivity index is 2.19. The fourth-order valence-corrected chi connectivity index (χ4v) is 3.04. The number of aliphatic carboxylic acids is 1. The van der Waals surface area contributed by atoms with Gasteiger partial charge in [0.05, 0.1) is 5.75 Å². The molecule has 0 saturated carbocycles. The van der Waals surface area contributed by atoms with Crippen LogP contribution in [0.25, 0.3) is 0 Å². The first-order valence-corrected chi connectivity index (χ1v) is 7.92. The van der Waals surface area contributed by atoms with Crippen LogP contribution >= 0.6 is 11.8 Å². The van der Waals surface area contributed by atoms with Crippen molar-refractivity contribution in [1.82, 2.24) is 14.8 Å². The maximum absolute atomic E-state index is 10.7. The Kier molecular flexibility index (Phi) is 5.38. The zero-order chi connectivity index (χ0) is 15.2. The first kappa shape index (κ1) is 15.6. The summed E-state index contributed by atoms with van der Waals surface area (Å²) in [5.74, 6) is 0.0505. The van der Waals surface area contributed by atoms with E-state index in [9.17, 15) is 4.79 Å². The highest BCUT2D eigenvalue weighted by Gasteiger charge is 2.18. The largest absolute Gasteiger partial charge is 0.481 e. The predicted octanol–water partition coefficient (Wildman–Crippen LogP) is 2.82. The van der Waals surface area contributed by atoms with Gasteiger partial charge in [0.25, 0.3) is 0 Å². The van der Waals surface area contributed by atoms with Crippen molar-refractivity contribution in [3.05, 3.63) is 41.7 Å². The van der Waals surface area contributed by atoms with Gasteiger partial charge < -0.3 is 9.67 Å². The van der Waals surface area contributed by atoms with Crippen LogP contribution in [0, 0.1) is 0 Å². The molecule has 1 N–H and O–H groups in total. The first-order chi connectivity index (χ1) is 10.1. The molecule has 0 fully saturated rings. The normalized spacial score (nSPS) is 12.3. The smallest absolute Gasteiger partial charge is 0.313 e. The Bertz CT molecular complexity index is 598. The molecule has 6 heteroatoms. The van der Waals surface area contributed by atoms with E-state index in [1.54, 1.807) is 0 Å². The molecule has 2 rings (SSSR count). The van der Waals surface area contributed by atoms with Crippen molar-refractivity contribution in [3.8, 4) is 0 Å². The summed E-state index contributed by atoms with van der Waals surface area (Å²) >= 11 is 1.22. The molecule has 0 saturated heterocycles. The molecule has 0 spiro atoms. The van der Waals surface area contributed by atoms with Gasteiger partial charge in [-0.05, 0) is 18.9 Å². The number of aromatic nitrogens is 3. The Morgan fingerprint density at radius 1 is 1.33 bits per heavy atom. The summed E-state index contributed by atoms with van der Waals surface area (Å²) < 4.78 is 2.06. The van der Waals surface area contributed by atoms with Gasteiger partial charge in [-0.15, -0.1) is 10.2 Å². The number of aryl methyl sites for hydroxylation is 1. The fourth-order valence-electron chi connectivity index (χ4n) is 2.26. The second kappa shape index (κ2) is 7.26. The second-order valence-corrected chi connectivity index (χ2v) is 5.79. The Morgan fingerprint density at radius 2 is 2.05 bits per heavy atom. The minimum atomic E-state index is -0.844. The molecule has 1 aromatic carbocycles. The number of benzene rings is 1. The summed E-state index contributed by atoms with van der Waals surface area (Å²) in [7, 11) is 0. The van der Waals surface area contributed by atoms with Gasteiger partial charge in [0.15, 0.2) is 5.16 Å². The summed E-state index contributed by atoms with van der Waals surface area (Å²) in [4.78, 5) is 10.7. The van der Waals surface area contributed by atoms with E-state index in [1.165, 1.54) is 17.3 Å². The lowest BCUT2D eigenvalue weighted by Crippen LogP contribution is -2.13. The maximum Gasteiger partial charge on any atom is 0.313 e. The van der Waals surface area contributed by atoms with E-state index in [1.807, 2.05) is 25.1 Å². The van der Waals surface area contributed by atoms with Gasteiger partial charge in [0, 0.05) is 12.5 Å². The highest BCUT2D eigenvalue weighted by atomic mass is 32.2. The number of nitrogens with zero attached hydrogens (tertiary/aromatic N) is 3. The average molecular weight is 305 g/mol. The van der Waals surface area contributed by atoms with Crippen LogP contribution in [-0.4, -0.2) is 31.6 Å².